The molecule has 5 unspecified atom stereocenters. The molecular weight excluding hydrogens is 487 g/mol. The number of aliphatic hydroxyl groups excluding tert-OH is 1. The lowest BCUT2D eigenvalue weighted by Gasteiger charge is -2.36. The molecule has 1 aliphatic carbocycles. The minimum absolute atomic E-state index is 0.0165. The van der Waals surface area contributed by atoms with E-state index < -0.39 is 12.2 Å². The molecule has 5 atom stereocenters. The van der Waals surface area contributed by atoms with E-state index in [1.54, 1.807) is 20.3 Å². The molecular formula is C30H41FN2O5. The summed E-state index contributed by atoms with van der Waals surface area (Å²) in [4.78, 5) is 14.8. The molecule has 0 bridgehead atoms. The van der Waals surface area contributed by atoms with E-state index in [0.717, 1.165) is 36.0 Å². The molecule has 4 rings (SSSR count). The third-order valence-electron chi connectivity index (χ3n) is 7.88. The van der Waals surface area contributed by atoms with Gasteiger partial charge in [-0.2, -0.15) is 0 Å². The summed E-state index contributed by atoms with van der Waals surface area (Å²) in [5, 5.41) is 10.9. The van der Waals surface area contributed by atoms with Gasteiger partial charge >= 0.3 is 0 Å². The molecule has 1 heterocycles. The molecule has 1 saturated carbocycles. The summed E-state index contributed by atoms with van der Waals surface area (Å²) in [7, 11) is 3.22. The van der Waals surface area contributed by atoms with Crippen LogP contribution < -0.4 is 10.5 Å². The van der Waals surface area contributed by atoms with E-state index in [9.17, 15) is 9.90 Å². The van der Waals surface area contributed by atoms with Crippen molar-refractivity contribution in [3.05, 3.63) is 53.3 Å². The van der Waals surface area contributed by atoms with Gasteiger partial charge in [0.1, 0.15) is 17.7 Å². The van der Waals surface area contributed by atoms with Crippen LogP contribution in [0.5, 0.6) is 5.75 Å². The largest absolute Gasteiger partial charge is 0.497 e. The number of amides is 1. The first kappa shape index (κ1) is 28.5. The van der Waals surface area contributed by atoms with Gasteiger partial charge in [0.2, 0.25) is 5.91 Å². The van der Waals surface area contributed by atoms with Gasteiger partial charge < -0.3 is 30.0 Å². The second-order valence-electron chi connectivity index (χ2n) is 10.6. The number of nitrogens with two attached hydrogens (primary N) is 1. The molecule has 208 valence electrons. The smallest absolute Gasteiger partial charge is 0.225 e. The minimum atomic E-state index is -0.707. The Bertz CT molecular complexity index is 1100. The van der Waals surface area contributed by atoms with E-state index in [2.05, 4.69) is 0 Å². The molecule has 0 aromatic heterocycles. The Balaban J connectivity index is 1.38. The summed E-state index contributed by atoms with van der Waals surface area (Å²) >= 11 is 0. The van der Waals surface area contributed by atoms with Gasteiger partial charge in [0.05, 0.1) is 25.9 Å². The fourth-order valence-electron chi connectivity index (χ4n) is 5.83. The van der Waals surface area contributed by atoms with E-state index in [4.69, 9.17) is 19.9 Å². The van der Waals surface area contributed by atoms with E-state index in [1.807, 2.05) is 36.1 Å². The Kier molecular flexibility index (Phi) is 9.76. The number of hydrogen-bond acceptors (Lipinski definition) is 6. The lowest BCUT2D eigenvalue weighted by atomic mass is 9.91. The number of morpholine rings is 1. The average molecular weight is 529 g/mol. The molecule has 1 saturated heterocycles. The van der Waals surface area contributed by atoms with E-state index in [-0.39, 0.29) is 29.8 Å². The molecule has 2 aliphatic rings. The normalized spacial score (nSPS) is 23.3. The molecule has 1 aliphatic heterocycles. The van der Waals surface area contributed by atoms with Crippen molar-refractivity contribution in [2.24, 2.45) is 11.7 Å². The lowest BCUT2D eigenvalue weighted by Crippen LogP contribution is -2.51. The quantitative estimate of drug-likeness (QED) is 0.475. The van der Waals surface area contributed by atoms with Gasteiger partial charge in [-0.3, -0.25) is 4.79 Å². The number of ether oxygens (including phenoxy) is 3. The first-order valence-corrected chi connectivity index (χ1v) is 13.6. The minimum Gasteiger partial charge on any atom is -0.497 e. The zero-order valence-electron chi connectivity index (χ0n) is 22.7. The monoisotopic (exact) mass is 528 g/mol. The van der Waals surface area contributed by atoms with Crippen LogP contribution in [0.2, 0.25) is 0 Å². The van der Waals surface area contributed by atoms with Crippen LogP contribution in [0.3, 0.4) is 0 Å². The Morgan fingerprint density at radius 3 is 2.76 bits per heavy atom. The van der Waals surface area contributed by atoms with Gasteiger partial charge in [0.15, 0.2) is 0 Å². The van der Waals surface area contributed by atoms with Crippen molar-refractivity contribution in [2.75, 3.05) is 33.9 Å². The maximum Gasteiger partial charge on any atom is 0.225 e. The Morgan fingerprint density at radius 1 is 1.24 bits per heavy atom. The van der Waals surface area contributed by atoms with Gasteiger partial charge in [-0.15, -0.1) is 0 Å². The van der Waals surface area contributed by atoms with E-state index in [0.29, 0.717) is 50.3 Å². The summed E-state index contributed by atoms with van der Waals surface area (Å²) in [6.07, 6.45) is 2.72. The number of methoxy groups -OCH3 is 2. The molecule has 1 amide bonds. The number of rotatable bonds is 10. The standard InChI is InChI=1S/C30H41FN2O5/c1-19-14-21(17-23(15-19)36-2)29-24(6-4-7-25(29)31)27(37-3)9-5-8-26(34)28-18-33(12-13-38-28)30(35)20-10-11-22(32)16-20/h4,6-7,14-15,17,20,22,26-28,34H,5,8-13,16,18,32H2,1-3H3. The highest BCUT2D eigenvalue weighted by Crippen LogP contribution is 2.37. The van der Waals surface area contributed by atoms with Crippen LogP contribution in [0, 0.1) is 18.7 Å². The fraction of sp³-hybridized carbons (Fsp3) is 0.567. The van der Waals surface area contributed by atoms with E-state index >= 15 is 4.39 Å². The second-order valence-corrected chi connectivity index (χ2v) is 10.6. The summed E-state index contributed by atoms with van der Waals surface area (Å²) in [6.45, 7) is 3.31. The second kappa shape index (κ2) is 13.0. The molecule has 3 N–H and O–H groups in total. The topological polar surface area (TPSA) is 94.3 Å². The number of aliphatic hydroxyl groups is 1. The van der Waals surface area contributed by atoms with Crippen molar-refractivity contribution in [3.8, 4) is 16.9 Å². The molecule has 38 heavy (non-hydrogen) atoms. The molecule has 7 nitrogen and oxygen atoms in total. The maximum absolute atomic E-state index is 15.1. The van der Waals surface area contributed by atoms with Crippen LogP contribution in [-0.2, 0) is 14.3 Å². The number of halogens is 1. The highest BCUT2D eigenvalue weighted by Gasteiger charge is 2.35. The third-order valence-corrected chi connectivity index (χ3v) is 7.88. The molecule has 2 aromatic rings. The Labute approximate surface area is 225 Å². The molecule has 2 fully saturated rings. The summed E-state index contributed by atoms with van der Waals surface area (Å²) in [6, 6.07) is 10.8. The van der Waals surface area contributed by atoms with E-state index in [1.165, 1.54) is 6.07 Å². The highest BCUT2D eigenvalue weighted by molar-refractivity contribution is 5.79. The van der Waals surface area contributed by atoms with Crippen LogP contribution in [0.1, 0.15) is 55.8 Å². The SMILES string of the molecule is COc1cc(C)cc(-c2c(F)cccc2C(CCCC(O)C2CN(C(=O)C3CCC(N)C3)CCO2)OC)c1. The van der Waals surface area contributed by atoms with Crippen molar-refractivity contribution in [3.63, 3.8) is 0 Å². The predicted molar refractivity (Wildman–Crippen MR) is 144 cm³/mol. The zero-order chi connectivity index (χ0) is 27.2. The fourth-order valence-corrected chi connectivity index (χ4v) is 5.83. The van der Waals surface area contributed by atoms with Crippen molar-refractivity contribution in [1.29, 1.82) is 0 Å². The van der Waals surface area contributed by atoms with Gasteiger partial charge in [0.25, 0.3) is 0 Å². The average Bonchev–Trinajstić information content (AvgIpc) is 3.36. The molecule has 0 radical (unpaired) electrons. The Hall–Kier alpha value is -2.52. The van der Waals surface area contributed by atoms with Crippen LogP contribution in [0.4, 0.5) is 4.39 Å². The van der Waals surface area contributed by atoms with Crippen molar-refractivity contribution >= 4 is 5.91 Å². The van der Waals surface area contributed by atoms with Crippen LogP contribution in [-0.4, -0.2) is 68.1 Å². The van der Waals surface area contributed by atoms with Crippen LogP contribution in [0.15, 0.2) is 36.4 Å². The number of hydrogen-bond donors (Lipinski definition) is 2. The summed E-state index contributed by atoms with van der Waals surface area (Å²) in [5.41, 5.74) is 8.97. The molecule has 0 spiro atoms. The first-order chi connectivity index (χ1) is 18.3. The van der Waals surface area contributed by atoms with Crippen LogP contribution in [0.25, 0.3) is 11.1 Å². The van der Waals surface area contributed by atoms with Gasteiger partial charge in [0, 0.05) is 37.7 Å². The van der Waals surface area contributed by atoms with Crippen molar-refractivity contribution in [1.82, 2.24) is 4.90 Å². The van der Waals surface area contributed by atoms with Crippen molar-refractivity contribution in [2.45, 2.75) is 69.8 Å². The Morgan fingerprint density at radius 2 is 2.05 bits per heavy atom. The third kappa shape index (κ3) is 6.72. The van der Waals surface area contributed by atoms with Gasteiger partial charge in [-0.1, -0.05) is 18.2 Å². The van der Waals surface area contributed by atoms with Crippen molar-refractivity contribution < 1.29 is 28.5 Å². The summed E-state index contributed by atoms with van der Waals surface area (Å²) in [5.74, 6) is 0.462. The molecule has 8 heteroatoms. The molecule has 2 aromatic carbocycles. The van der Waals surface area contributed by atoms with Gasteiger partial charge in [-0.25, -0.2) is 4.39 Å². The van der Waals surface area contributed by atoms with Crippen LogP contribution >= 0.6 is 0 Å². The number of aryl methyl sites for hydroxylation is 1. The highest BCUT2D eigenvalue weighted by atomic mass is 19.1. The predicted octanol–water partition coefficient (Wildman–Crippen LogP) is 4.38. The summed E-state index contributed by atoms with van der Waals surface area (Å²) < 4.78 is 32.2. The first-order valence-electron chi connectivity index (χ1n) is 13.6. The lowest BCUT2D eigenvalue weighted by molar-refractivity contribution is -0.148. The zero-order valence-corrected chi connectivity index (χ0v) is 22.7. The number of nitrogens with zero attached hydrogens (tertiary/aromatic N) is 1. The number of carbonyl (C=O) groups excluding carboxylic acids is 1. The number of carbonyl (C=O) groups is 1. The maximum atomic E-state index is 15.1. The number of benzene rings is 2. The van der Waals surface area contributed by atoms with Gasteiger partial charge in [-0.05, 0) is 80.3 Å².